The molecule has 0 aliphatic rings. The van der Waals surface area contributed by atoms with Gasteiger partial charge in [-0.05, 0) is 35.9 Å². The van der Waals surface area contributed by atoms with Gasteiger partial charge in [0.2, 0.25) is 0 Å². The molecule has 5 heteroatoms. The highest BCUT2D eigenvalue weighted by Crippen LogP contribution is 2.23. The van der Waals surface area contributed by atoms with Gasteiger partial charge in [0.15, 0.2) is 0 Å². The summed E-state index contributed by atoms with van der Waals surface area (Å²) >= 11 is 3.31. The van der Waals surface area contributed by atoms with Crippen molar-refractivity contribution in [3.63, 3.8) is 0 Å². The van der Waals surface area contributed by atoms with E-state index >= 15 is 0 Å². The molecule has 1 unspecified atom stereocenters. The lowest BCUT2D eigenvalue weighted by molar-refractivity contribution is 0.475. The number of halogens is 1. The number of hydrogen-bond acceptors (Lipinski definition) is 3. The minimum atomic E-state index is -1.19. The largest absolute Gasteiger partial charge is 0.508 e. The standard InChI is InChI=1S/C13H12BrNO2S/c14-10-3-6-13(12(15)7-10)18(17)8-9-1-4-11(16)5-2-9/h1-7,16H,8,15H2. The molecule has 0 aliphatic carbocycles. The van der Waals surface area contributed by atoms with E-state index in [9.17, 15) is 9.32 Å². The molecule has 2 rings (SSSR count). The second-order valence-corrected chi connectivity index (χ2v) is 6.17. The van der Waals surface area contributed by atoms with Crippen LogP contribution in [-0.2, 0) is 16.6 Å². The van der Waals surface area contributed by atoms with Gasteiger partial charge in [-0.1, -0.05) is 28.1 Å². The molecule has 3 nitrogen and oxygen atoms in total. The zero-order valence-corrected chi connectivity index (χ0v) is 11.9. The number of anilines is 1. The van der Waals surface area contributed by atoms with Gasteiger partial charge >= 0.3 is 0 Å². The summed E-state index contributed by atoms with van der Waals surface area (Å²) in [7, 11) is -1.19. The van der Waals surface area contributed by atoms with Gasteiger partial charge in [0.25, 0.3) is 0 Å². The molecule has 3 N–H and O–H groups in total. The van der Waals surface area contributed by atoms with Crippen LogP contribution < -0.4 is 5.73 Å². The summed E-state index contributed by atoms with van der Waals surface area (Å²) in [6.07, 6.45) is 0. The van der Waals surface area contributed by atoms with Crippen LogP contribution in [0.4, 0.5) is 5.69 Å². The molecule has 0 saturated carbocycles. The van der Waals surface area contributed by atoms with Gasteiger partial charge in [-0.3, -0.25) is 4.21 Å². The lowest BCUT2D eigenvalue weighted by atomic mass is 10.2. The van der Waals surface area contributed by atoms with Gasteiger partial charge in [-0.25, -0.2) is 0 Å². The SMILES string of the molecule is Nc1cc(Br)ccc1S(=O)Cc1ccc(O)cc1. The van der Waals surface area contributed by atoms with Crippen LogP contribution in [0.1, 0.15) is 5.56 Å². The van der Waals surface area contributed by atoms with Crippen molar-refractivity contribution in [1.82, 2.24) is 0 Å². The summed E-state index contributed by atoms with van der Waals surface area (Å²) < 4.78 is 13.1. The topological polar surface area (TPSA) is 63.3 Å². The first-order valence-electron chi connectivity index (χ1n) is 5.27. The lowest BCUT2D eigenvalue weighted by Gasteiger charge is -2.06. The van der Waals surface area contributed by atoms with E-state index in [1.54, 1.807) is 36.4 Å². The average Bonchev–Trinajstić information content (AvgIpc) is 2.32. The average molecular weight is 326 g/mol. The Morgan fingerprint density at radius 1 is 1.17 bits per heavy atom. The van der Waals surface area contributed by atoms with Gasteiger partial charge in [-0.15, -0.1) is 0 Å². The first kappa shape index (κ1) is 13.1. The van der Waals surface area contributed by atoms with Crippen LogP contribution in [0.25, 0.3) is 0 Å². The van der Waals surface area contributed by atoms with Crippen LogP contribution in [0.3, 0.4) is 0 Å². The number of phenolic OH excluding ortho intramolecular Hbond substituents is 1. The second-order valence-electron chi connectivity index (χ2n) is 3.84. The number of nitrogen functional groups attached to an aromatic ring is 1. The van der Waals surface area contributed by atoms with Gasteiger partial charge in [0.1, 0.15) is 5.75 Å². The lowest BCUT2D eigenvalue weighted by Crippen LogP contribution is -2.00. The Labute approximate surface area is 116 Å². The molecule has 94 valence electrons. The number of benzene rings is 2. The predicted octanol–water partition coefficient (Wildman–Crippen LogP) is 3.04. The van der Waals surface area contributed by atoms with E-state index in [4.69, 9.17) is 5.73 Å². The Kier molecular flexibility index (Phi) is 4.04. The highest BCUT2D eigenvalue weighted by Gasteiger charge is 2.09. The normalized spacial score (nSPS) is 12.3. The molecule has 0 fully saturated rings. The molecule has 0 radical (unpaired) electrons. The molecule has 0 aliphatic heterocycles. The number of hydrogen-bond donors (Lipinski definition) is 2. The van der Waals surface area contributed by atoms with Crippen molar-refractivity contribution in [3.05, 3.63) is 52.5 Å². The minimum absolute atomic E-state index is 0.202. The summed E-state index contributed by atoms with van der Waals surface area (Å²) in [6, 6.07) is 12.0. The van der Waals surface area contributed by atoms with Crippen molar-refractivity contribution in [2.45, 2.75) is 10.6 Å². The Morgan fingerprint density at radius 2 is 1.83 bits per heavy atom. The van der Waals surface area contributed by atoms with Gasteiger partial charge < -0.3 is 10.8 Å². The van der Waals surface area contributed by atoms with E-state index in [-0.39, 0.29) is 5.75 Å². The maximum atomic E-state index is 12.2. The second kappa shape index (κ2) is 5.54. The van der Waals surface area contributed by atoms with Gasteiger partial charge in [0, 0.05) is 10.2 Å². The fraction of sp³-hybridized carbons (Fsp3) is 0.0769. The molecule has 2 aromatic carbocycles. The van der Waals surface area contributed by atoms with Crippen LogP contribution in [0.5, 0.6) is 5.75 Å². The Hall–Kier alpha value is -1.33. The summed E-state index contributed by atoms with van der Waals surface area (Å²) in [5, 5.41) is 9.18. The molecule has 0 amide bonds. The van der Waals surface area contributed by atoms with Crippen LogP contribution in [0.2, 0.25) is 0 Å². The van der Waals surface area contributed by atoms with E-state index in [0.717, 1.165) is 10.0 Å². The molecule has 2 aromatic rings. The zero-order chi connectivity index (χ0) is 13.1. The molecule has 0 aromatic heterocycles. The number of nitrogens with two attached hydrogens (primary N) is 1. The smallest absolute Gasteiger partial charge is 0.115 e. The quantitative estimate of drug-likeness (QED) is 0.852. The fourth-order valence-electron chi connectivity index (χ4n) is 1.55. The summed E-state index contributed by atoms with van der Waals surface area (Å²) in [4.78, 5) is 0.631. The Bertz CT molecular complexity index is 584. The molecule has 0 saturated heterocycles. The zero-order valence-electron chi connectivity index (χ0n) is 9.47. The van der Waals surface area contributed by atoms with Crippen LogP contribution in [0.15, 0.2) is 51.8 Å². The van der Waals surface area contributed by atoms with Crippen LogP contribution in [0, 0.1) is 0 Å². The highest BCUT2D eigenvalue weighted by atomic mass is 79.9. The van der Waals surface area contributed by atoms with Crippen molar-refractivity contribution in [2.75, 3.05) is 5.73 Å². The third-order valence-electron chi connectivity index (χ3n) is 2.45. The molecular weight excluding hydrogens is 314 g/mol. The van der Waals surface area contributed by atoms with Crippen molar-refractivity contribution in [3.8, 4) is 5.75 Å². The first-order chi connectivity index (χ1) is 8.56. The maximum absolute atomic E-state index is 12.2. The maximum Gasteiger partial charge on any atom is 0.115 e. The minimum Gasteiger partial charge on any atom is -0.508 e. The molecule has 0 bridgehead atoms. The van der Waals surface area contributed by atoms with Crippen LogP contribution in [-0.4, -0.2) is 9.32 Å². The van der Waals surface area contributed by atoms with E-state index < -0.39 is 10.8 Å². The molecule has 0 heterocycles. The van der Waals surface area contributed by atoms with Crippen molar-refractivity contribution >= 4 is 32.4 Å². The third kappa shape index (κ3) is 3.11. The van der Waals surface area contributed by atoms with E-state index in [1.807, 2.05) is 6.07 Å². The number of aromatic hydroxyl groups is 1. The number of phenols is 1. The van der Waals surface area contributed by atoms with Crippen LogP contribution >= 0.6 is 15.9 Å². The molecule has 18 heavy (non-hydrogen) atoms. The van der Waals surface area contributed by atoms with Gasteiger partial charge in [0.05, 0.1) is 21.4 Å². The number of rotatable bonds is 3. The summed E-state index contributed by atoms with van der Waals surface area (Å²) in [6.45, 7) is 0. The van der Waals surface area contributed by atoms with Gasteiger partial charge in [-0.2, -0.15) is 0 Å². The molecular formula is C13H12BrNO2S. The monoisotopic (exact) mass is 325 g/mol. The van der Waals surface area contributed by atoms with E-state index in [1.165, 1.54) is 0 Å². The summed E-state index contributed by atoms with van der Waals surface area (Å²) in [5.74, 6) is 0.583. The Morgan fingerprint density at radius 3 is 2.44 bits per heavy atom. The van der Waals surface area contributed by atoms with E-state index in [0.29, 0.717) is 16.3 Å². The van der Waals surface area contributed by atoms with E-state index in [2.05, 4.69) is 15.9 Å². The fourth-order valence-corrected chi connectivity index (χ4v) is 3.12. The molecule has 1 atom stereocenters. The third-order valence-corrected chi connectivity index (χ3v) is 4.40. The Balaban J connectivity index is 2.19. The van der Waals surface area contributed by atoms with Crippen molar-refractivity contribution < 1.29 is 9.32 Å². The summed E-state index contributed by atoms with van der Waals surface area (Å²) in [5.41, 5.74) is 7.25. The first-order valence-corrected chi connectivity index (χ1v) is 7.39. The highest BCUT2D eigenvalue weighted by molar-refractivity contribution is 9.10. The molecule has 0 spiro atoms. The van der Waals surface area contributed by atoms with Crippen molar-refractivity contribution in [2.24, 2.45) is 0 Å². The van der Waals surface area contributed by atoms with Crippen molar-refractivity contribution in [1.29, 1.82) is 0 Å². The predicted molar refractivity (Wildman–Crippen MR) is 76.8 cm³/mol.